The minimum Gasteiger partial charge on any atom is -0.484 e. The van der Waals surface area contributed by atoms with Crippen molar-refractivity contribution in [2.24, 2.45) is 11.7 Å². The topological polar surface area (TPSA) is 94.3 Å². The molecule has 2 saturated carbocycles. The van der Waals surface area contributed by atoms with Crippen LogP contribution in [0.3, 0.4) is 0 Å². The summed E-state index contributed by atoms with van der Waals surface area (Å²) in [6.07, 6.45) is -1.08. The predicted molar refractivity (Wildman–Crippen MR) is 94.8 cm³/mol. The van der Waals surface area contributed by atoms with Crippen LogP contribution in [0.1, 0.15) is 61.5 Å². The molecule has 0 aliphatic heterocycles. The second-order valence-corrected chi connectivity index (χ2v) is 8.08. The van der Waals surface area contributed by atoms with Crippen LogP contribution in [0.4, 0.5) is 17.6 Å². The fourth-order valence-corrected chi connectivity index (χ4v) is 3.63. The Balaban J connectivity index is 1.84. The number of nitrogens with two attached hydrogens (primary N) is 1. The maximum absolute atomic E-state index is 14.8. The number of pyridine rings is 1. The highest BCUT2D eigenvalue weighted by molar-refractivity contribution is 5.93. The number of ether oxygens (including phenoxy) is 1. The van der Waals surface area contributed by atoms with Gasteiger partial charge in [0.1, 0.15) is 17.1 Å². The molecule has 160 valence electrons. The third-order valence-corrected chi connectivity index (χ3v) is 5.54. The number of primary amides is 1. The molecule has 0 bridgehead atoms. The van der Waals surface area contributed by atoms with E-state index in [2.05, 4.69) is 10.3 Å². The smallest absolute Gasteiger partial charge is 0.422 e. The molecular weight excluding hydrogens is 394 g/mol. The van der Waals surface area contributed by atoms with Crippen LogP contribution in [0.5, 0.6) is 5.75 Å². The molecule has 0 saturated heterocycles. The lowest BCUT2D eigenvalue weighted by Gasteiger charge is -2.35. The summed E-state index contributed by atoms with van der Waals surface area (Å²) in [4.78, 5) is 28.0. The van der Waals surface area contributed by atoms with E-state index in [1.807, 2.05) is 0 Å². The van der Waals surface area contributed by atoms with Crippen molar-refractivity contribution in [3.63, 3.8) is 0 Å². The predicted octanol–water partition coefficient (Wildman–Crippen LogP) is 3.15. The van der Waals surface area contributed by atoms with Crippen LogP contribution in [0.25, 0.3) is 0 Å². The standard InChI is InChI=1S/C19H23F4N3O3/c1-17(8-15(24)27,11-3-4-11)26-16(28)13-7-14(29-10-19(21,22)23)12(9-25-13)18(20)5-2-6-18/h7,9,11H,2-6,8,10H2,1H3,(H2,24,27)(H,26,28)/t17-/m0/s1. The summed E-state index contributed by atoms with van der Waals surface area (Å²) in [5.41, 5.74) is 2.28. The molecule has 2 aliphatic carbocycles. The lowest BCUT2D eigenvalue weighted by Crippen LogP contribution is -2.50. The molecule has 0 unspecified atom stereocenters. The van der Waals surface area contributed by atoms with Gasteiger partial charge < -0.3 is 15.8 Å². The number of aromatic nitrogens is 1. The van der Waals surface area contributed by atoms with Crippen LogP contribution in [0, 0.1) is 5.92 Å². The van der Waals surface area contributed by atoms with Gasteiger partial charge in [-0.25, -0.2) is 4.39 Å². The number of amides is 2. The molecular formula is C19H23F4N3O3. The van der Waals surface area contributed by atoms with Gasteiger partial charge >= 0.3 is 6.18 Å². The van der Waals surface area contributed by atoms with Gasteiger partial charge in [0.2, 0.25) is 5.91 Å². The van der Waals surface area contributed by atoms with Crippen LogP contribution >= 0.6 is 0 Å². The Labute approximate surface area is 165 Å². The van der Waals surface area contributed by atoms with Crippen molar-refractivity contribution >= 4 is 11.8 Å². The molecule has 3 N–H and O–H groups in total. The van der Waals surface area contributed by atoms with Gasteiger partial charge in [0.25, 0.3) is 5.91 Å². The van der Waals surface area contributed by atoms with E-state index in [1.165, 1.54) is 0 Å². The number of alkyl halides is 4. The molecule has 0 aromatic carbocycles. The summed E-state index contributed by atoms with van der Waals surface area (Å²) in [7, 11) is 0. The Morgan fingerprint density at radius 1 is 1.34 bits per heavy atom. The Morgan fingerprint density at radius 2 is 2.00 bits per heavy atom. The number of nitrogens with zero attached hydrogens (tertiary/aromatic N) is 1. The van der Waals surface area contributed by atoms with Gasteiger partial charge in [-0.2, -0.15) is 13.2 Å². The van der Waals surface area contributed by atoms with E-state index in [4.69, 9.17) is 10.5 Å². The second-order valence-electron chi connectivity index (χ2n) is 8.08. The van der Waals surface area contributed by atoms with Crippen LogP contribution < -0.4 is 15.8 Å². The first-order chi connectivity index (χ1) is 13.4. The van der Waals surface area contributed by atoms with Gasteiger partial charge in [0.05, 0.1) is 0 Å². The van der Waals surface area contributed by atoms with Gasteiger partial charge in [-0.1, -0.05) is 0 Å². The average Bonchev–Trinajstić information content (AvgIpc) is 3.41. The summed E-state index contributed by atoms with van der Waals surface area (Å²) in [5.74, 6) is -1.55. The first-order valence-electron chi connectivity index (χ1n) is 9.42. The summed E-state index contributed by atoms with van der Waals surface area (Å²) < 4.78 is 57.5. The third-order valence-electron chi connectivity index (χ3n) is 5.54. The molecule has 2 amide bonds. The first kappa shape index (κ1) is 21.3. The van der Waals surface area contributed by atoms with E-state index in [0.29, 0.717) is 6.42 Å². The monoisotopic (exact) mass is 417 g/mol. The summed E-state index contributed by atoms with van der Waals surface area (Å²) in [6.45, 7) is 0.0797. The van der Waals surface area contributed by atoms with Gasteiger partial charge in [0.15, 0.2) is 6.61 Å². The lowest BCUT2D eigenvalue weighted by atomic mass is 9.77. The molecule has 0 radical (unpaired) electrons. The highest BCUT2D eigenvalue weighted by atomic mass is 19.4. The SMILES string of the molecule is C[C@@](CC(N)=O)(NC(=O)c1cc(OCC(F)(F)F)c(C2(F)CCC2)cn1)C1CC1. The molecule has 10 heteroatoms. The highest BCUT2D eigenvalue weighted by Crippen LogP contribution is 2.48. The van der Waals surface area contributed by atoms with E-state index < -0.39 is 35.8 Å². The molecule has 2 fully saturated rings. The Bertz CT molecular complexity index is 806. The Morgan fingerprint density at radius 3 is 2.48 bits per heavy atom. The minimum atomic E-state index is -4.61. The van der Waals surface area contributed by atoms with Crippen molar-refractivity contribution in [2.75, 3.05) is 6.61 Å². The van der Waals surface area contributed by atoms with Crippen LogP contribution in [0.2, 0.25) is 0 Å². The Kier molecular flexibility index (Phi) is 5.48. The van der Waals surface area contributed by atoms with Crippen molar-refractivity contribution in [2.45, 2.75) is 62.8 Å². The molecule has 3 rings (SSSR count). The number of rotatable bonds is 8. The maximum atomic E-state index is 14.8. The fourth-order valence-electron chi connectivity index (χ4n) is 3.63. The van der Waals surface area contributed by atoms with Crippen molar-refractivity contribution < 1.29 is 31.9 Å². The third kappa shape index (κ3) is 4.97. The zero-order valence-electron chi connectivity index (χ0n) is 15.9. The van der Waals surface area contributed by atoms with Crippen molar-refractivity contribution in [1.29, 1.82) is 0 Å². The zero-order valence-corrected chi connectivity index (χ0v) is 15.9. The number of halogens is 4. The minimum absolute atomic E-state index is 0.0725. The number of hydrogen-bond donors (Lipinski definition) is 2. The summed E-state index contributed by atoms with van der Waals surface area (Å²) in [5, 5.41) is 2.71. The van der Waals surface area contributed by atoms with E-state index in [0.717, 1.165) is 25.1 Å². The summed E-state index contributed by atoms with van der Waals surface area (Å²) >= 11 is 0. The van der Waals surface area contributed by atoms with Crippen molar-refractivity contribution in [1.82, 2.24) is 10.3 Å². The van der Waals surface area contributed by atoms with Gasteiger partial charge in [-0.3, -0.25) is 14.6 Å². The largest absolute Gasteiger partial charge is 0.484 e. The van der Waals surface area contributed by atoms with Gasteiger partial charge in [0, 0.05) is 29.8 Å². The lowest BCUT2D eigenvalue weighted by molar-refractivity contribution is -0.154. The highest BCUT2D eigenvalue weighted by Gasteiger charge is 2.45. The molecule has 2 aliphatic rings. The average molecular weight is 417 g/mol. The molecule has 1 heterocycles. The van der Waals surface area contributed by atoms with Crippen LogP contribution in [-0.2, 0) is 10.5 Å². The fraction of sp³-hybridized carbons (Fsp3) is 0.632. The molecule has 1 aromatic heterocycles. The van der Waals surface area contributed by atoms with Crippen molar-refractivity contribution in [3.05, 3.63) is 23.5 Å². The van der Waals surface area contributed by atoms with E-state index in [1.54, 1.807) is 6.92 Å². The number of carbonyl (C=O) groups excluding carboxylic acids is 2. The molecule has 0 spiro atoms. The number of hydrogen-bond acceptors (Lipinski definition) is 4. The number of nitrogens with one attached hydrogen (secondary N) is 1. The summed E-state index contributed by atoms with van der Waals surface area (Å²) in [6, 6.07) is 1.02. The quantitative estimate of drug-likeness (QED) is 0.636. The molecule has 6 nitrogen and oxygen atoms in total. The first-order valence-corrected chi connectivity index (χ1v) is 9.42. The second kappa shape index (κ2) is 7.46. The normalized spacial score (nSPS) is 20.3. The van der Waals surface area contributed by atoms with E-state index in [-0.39, 0.29) is 42.2 Å². The maximum Gasteiger partial charge on any atom is 0.422 e. The molecule has 29 heavy (non-hydrogen) atoms. The van der Waals surface area contributed by atoms with Crippen LogP contribution in [-0.4, -0.2) is 35.1 Å². The molecule has 1 aromatic rings. The van der Waals surface area contributed by atoms with Gasteiger partial charge in [-0.15, -0.1) is 0 Å². The number of carbonyl (C=O) groups is 2. The van der Waals surface area contributed by atoms with E-state index in [9.17, 15) is 27.2 Å². The van der Waals surface area contributed by atoms with Gasteiger partial charge in [-0.05, 0) is 44.9 Å². The van der Waals surface area contributed by atoms with E-state index >= 15 is 0 Å². The molecule has 1 atom stereocenters. The van der Waals surface area contributed by atoms with Crippen molar-refractivity contribution in [3.8, 4) is 5.75 Å². The van der Waals surface area contributed by atoms with Crippen LogP contribution in [0.15, 0.2) is 12.3 Å². The zero-order chi connectivity index (χ0) is 21.4. The Hall–Kier alpha value is -2.39.